The Balaban J connectivity index is 1.49. The number of nitrogens with one attached hydrogen (secondary N) is 1. The van der Waals surface area contributed by atoms with Crippen LogP contribution in [0.5, 0.6) is 0 Å². The Labute approximate surface area is 144 Å². The number of carbonyl (C=O) groups is 1. The van der Waals surface area contributed by atoms with Crippen molar-refractivity contribution >= 4 is 11.7 Å². The van der Waals surface area contributed by atoms with E-state index in [1.165, 1.54) is 0 Å². The number of hydrogen-bond donors (Lipinski definition) is 1. The largest absolute Gasteiger partial charge is 0.362 e. The molecule has 0 bridgehead atoms. The lowest BCUT2D eigenvalue weighted by molar-refractivity contribution is -0.121. The lowest BCUT2D eigenvalue weighted by atomic mass is 10.3. The van der Waals surface area contributed by atoms with Crippen molar-refractivity contribution in [1.82, 2.24) is 24.9 Å². The van der Waals surface area contributed by atoms with Crippen LogP contribution >= 0.6 is 0 Å². The fourth-order valence-electron chi connectivity index (χ4n) is 2.22. The van der Waals surface area contributed by atoms with Gasteiger partial charge in [0.1, 0.15) is 19.0 Å². The molecule has 1 amide bonds. The number of aryl methyl sites for hydroxylation is 2. The van der Waals surface area contributed by atoms with Crippen molar-refractivity contribution in [2.24, 2.45) is 0 Å². The summed E-state index contributed by atoms with van der Waals surface area (Å²) >= 11 is 0. The van der Waals surface area contributed by atoms with Crippen molar-refractivity contribution in [3.05, 3.63) is 42.2 Å². The number of rotatable bonds is 7. The van der Waals surface area contributed by atoms with Crippen molar-refractivity contribution in [2.45, 2.75) is 27.0 Å². The molecule has 0 saturated carbocycles. The number of ether oxygens (including phenoxy) is 1. The normalized spacial score (nSPS) is 10.8. The lowest BCUT2D eigenvalue weighted by Crippen LogP contribution is -2.20. The number of carbonyl (C=O) groups excluding carboxylic acids is 1. The second kappa shape index (κ2) is 7.67. The highest BCUT2D eigenvalue weighted by atomic mass is 16.5. The molecule has 130 valence electrons. The van der Waals surface area contributed by atoms with Gasteiger partial charge in [0.05, 0.1) is 5.69 Å². The summed E-state index contributed by atoms with van der Waals surface area (Å²) < 4.78 is 12.1. The van der Waals surface area contributed by atoms with Crippen molar-refractivity contribution < 1.29 is 14.1 Å². The van der Waals surface area contributed by atoms with Crippen LogP contribution in [0.1, 0.15) is 18.5 Å². The SMILES string of the molecule is CCn1nc(C)cc1NC(=O)COCc1nc(-c2cccnc2)no1. The van der Waals surface area contributed by atoms with Gasteiger partial charge in [0.2, 0.25) is 5.82 Å². The summed E-state index contributed by atoms with van der Waals surface area (Å²) in [4.78, 5) is 20.2. The summed E-state index contributed by atoms with van der Waals surface area (Å²) in [6.07, 6.45) is 3.31. The molecule has 3 aromatic heterocycles. The zero-order valence-electron chi connectivity index (χ0n) is 14.0. The molecule has 0 aromatic carbocycles. The minimum Gasteiger partial charge on any atom is -0.362 e. The van der Waals surface area contributed by atoms with Gasteiger partial charge in [0.15, 0.2) is 0 Å². The predicted molar refractivity (Wildman–Crippen MR) is 88.5 cm³/mol. The van der Waals surface area contributed by atoms with E-state index in [0.29, 0.717) is 24.1 Å². The molecule has 3 aromatic rings. The molecule has 0 aliphatic heterocycles. The van der Waals surface area contributed by atoms with Gasteiger partial charge in [-0.15, -0.1) is 0 Å². The Morgan fingerprint density at radius 3 is 3.08 bits per heavy atom. The molecule has 0 aliphatic carbocycles. The van der Waals surface area contributed by atoms with Gasteiger partial charge < -0.3 is 14.6 Å². The Morgan fingerprint density at radius 2 is 2.32 bits per heavy atom. The maximum absolute atomic E-state index is 12.0. The van der Waals surface area contributed by atoms with Crippen LogP contribution in [0.25, 0.3) is 11.4 Å². The summed E-state index contributed by atoms with van der Waals surface area (Å²) in [5.74, 6) is 1.09. The maximum atomic E-state index is 12.0. The van der Waals surface area contributed by atoms with Crippen molar-refractivity contribution in [3.63, 3.8) is 0 Å². The second-order valence-corrected chi connectivity index (χ2v) is 5.28. The molecule has 25 heavy (non-hydrogen) atoms. The molecule has 0 radical (unpaired) electrons. The average molecular weight is 342 g/mol. The van der Waals surface area contributed by atoms with Gasteiger partial charge in [-0.1, -0.05) is 5.16 Å². The molecule has 1 N–H and O–H groups in total. The van der Waals surface area contributed by atoms with Gasteiger partial charge in [-0.2, -0.15) is 10.1 Å². The highest BCUT2D eigenvalue weighted by Gasteiger charge is 2.11. The Kier molecular flexibility index (Phi) is 5.14. The topological polar surface area (TPSA) is 108 Å². The summed E-state index contributed by atoms with van der Waals surface area (Å²) in [6.45, 7) is 4.41. The molecule has 3 rings (SSSR count). The van der Waals surface area contributed by atoms with Gasteiger partial charge >= 0.3 is 0 Å². The molecule has 0 spiro atoms. The molecule has 3 heterocycles. The van der Waals surface area contributed by atoms with E-state index in [-0.39, 0.29) is 19.1 Å². The zero-order valence-corrected chi connectivity index (χ0v) is 14.0. The first-order valence-corrected chi connectivity index (χ1v) is 7.80. The Hall–Kier alpha value is -3.07. The van der Waals surface area contributed by atoms with Crippen molar-refractivity contribution in [2.75, 3.05) is 11.9 Å². The van der Waals surface area contributed by atoms with E-state index in [4.69, 9.17) is 9.26 Å². The molecule has 0 unspecified atom stereocenters. The second-order valence-electron chi connectivity index (χ2n) is 5.28. The smallest absolute Gasteiger partial charge is 0.252 e. The van der Waals surface area contributed by atoms with Crippen molar-refractivity contribution in [3.8, 4) is 11.4 Å². The number of hydrogen-bond acceptors (Lipinski definition) is 7. The quantitative estimate of drug-likeness (QED) is 0.697. The number of anilines is 1. The fraction of sp³-hybridized carbons (Fsp3) is 0.312. The minimum absolute atomic E-state index is 0.0484. The first-order valence-electron chi connectivity index (χ1n) is 7.80. The molecule has 0 aliphatic rings. The maximum Gasteiger partial charge on any atom is 0.252 e. The van der Waals surface area contributed by atoms with Crippen LogP contribution in [0.3, 0.4) is 0 Å². The van der Waals surface area contributed by atoms with Crippen LogP contribution in [0.4, 0.5) is 5.82 Å². The van der Waals surface area contributed by atoms with Crippen LogP contribution in [-0.2, 0) is 22.7 Å². The zero-order chi connectivity index (χ0) is 17.6. The monoisotopic (exact) mass is 342 g/mol. The van der Waals surface area contributed by atoms with E-state index in [1.54, 1.807) is 29.2 Å². The summed E-state index contributed by atoms with van der Waals surface area (Å²) in [5.41, 5.74) is 1.59. The molecule has 0 atom stereocenters. The first-order chi connectivity index (χ1) is 12.2. The molecule has 0 saturated heterocycles. The third-order valence-corrected chi connectivity index (χ3v) is 3.32. The fourth-order valence-corrected chi connectivity index (χ4v) is 2.22. The number of aromatic nitrogens is 5. The molecular formula is C16H18N6O3. The highest BCUT2D eigenvalue weighted by molar-refractivity contribution is 5.90. The Bertz CT molecular complexity index is 843. The summed E-state index contributed by atoms with van der Waals surface area (Å²) in [5, 5.41) is 10.9. The van der Waals surface area contributed by atoms with E-state index >= 15 is 0 Å². The van der Waals surface area contributed by atoms with Gasteiger partial charge in [0.25, 0.3) is 11.8 Å². The van der Waals surface area contributed by atoms with Crippen LogP contribution in [0, 0.1) is 6.92 Å². The van der Waals surface area contributed by atoms with Crippen LogP contribution in [-0.4, -0.2) is 37.4 Å². The predicted octanol–water partition coefficient (Wildman–Crippen LogP) is 1.81. The third-order valence-electron chi connectivity index (χ3n) is 3.32. The molecular weight excluding hydrogens is 324 g/mol. The third kappa shape index (κ3) is 4.27. The Morgan fingerprint density at radius 1 is 1.44 bits per heavy atom. The minimum atomic E-state index is -0.276. The van der Waals surface area contributed by atoms with Crippen LogP contribution in [0.2, 0.25) is 0 Å². The van der Waals surface area contributed by atoms with Gasteiger partial charge in [-0.3, -0.25) is 9.78 Å². The standard InChI is InChI=1S/C16H18N6O3/c1-3-22-13(7-11(2)20-22)18-14(23)9-24-10-15-19-16(21-25-15)12-5-4-6-17-8-12/h4-8H,3,9-10H2,1-2H3,(H,18,23). The van der Waals surface area contributed by atoms with E-state index in [2.05, 4.69) is 25.5 Å². The first kappa shape index (κ1) is 16.8. The van der Waals surface area contributed by atoms with E-state index in [9.17, 15) is 4.79 Å². The summed E-state index contributed by atoms with van der Waals surface area (Å²) in [7, 11) is 0. The van der Waals surface area contributed by atoms with Gasteiger partial charge in [-0.05, 0) is 26.0 Å². The van der Waals surface area contributed by atoms with E-state index in [1.807, 2.05) is 19.9 Å². The van der Waals surface area contributed by atoms with Crippen LogP contribution < -0.4 is 5.32 Å². The van der Waals surface area contributed by atoms with Gasteiger partial charge in [-0.25, -0.2) is 4.68 Å². The summed E-state index contributed by atoms with van der Waals surface area (Å²) in [6, 6.07) is 5.42. The molecule has 9 heteroatoms. The van der Waals surface area contributed by atoms with Crippen molar-refractivity contribution in [1.29, 1.82) is 0 Å². The number of nitrogens with zero attached hydrogens (tertiary/aromatic N) is 5. The average Bonchev–Trinajstić information content (AvgIpc) is 3.22. The highest BCUT2D eigenvalue weighted by Crippen LogP contribution is 2.14. The van der Waals surface area contributed by atoms with Gasteiger partial charge in [0, 0.05) is 30.6 Å². The number of pyridine rings is 1. The number of amides is 1. The van der Waals surface area contributed by atoms with E-state index in [0.717, 1.165) is 11.3 Å². The van der Waals surface area contributed by atoms with E-state index < -0.39 is 0 Å². The molecule has 0 fully saturated rings. The lowest BCUT2D eigenvalue weighted by Gasteiger charge is -2.06. The van der Waals surface area contributed by atoms with Crippen LogP contribution in [0.15, 0.2) is 35.1 Å². The molecule has 9 nitrogen and oxygen atoms in total.